The molecule has 0 aliphatic heterocycles. The van der Waals surface area contributed by atoms with Gasteiger partial charge in [-0.25, -0.2) is 0 Å². The van der Waals surface area contributed by atoms with E-state index in [-0.39, 0.29) is 0 Å². The predicted octanol–water partition coefficient (Wildman–Crippen LogP) is 4.23. The molecule has 19 heavy (non-hydrogen) atoms. The van der Waals surface area contributed by atoms with Gasteiger partial charge in [0.15, 0.2) is 0 Å². The maximum absolute atomic E-state index is 3.75. The van der Waals surface area contributed by atoms with E-state index >= 15 is 0 Å². The Morgan fingerprint density at radius 1 is 1.26 bits per heavy atom. The maximum Gasteiger partial charge on any atom is 0.0457 e. The van der Waals surface area contributed by atoms with Crippen molar-refractivity contribution in [3.63, 3.8) is 0 Å². The first-order valence-electron chi connectivity index (χ1n) is 7.64. The molecule has 0 radical (unpaired) electrons. The number of rotatable bonds is 4. The Balaban J connectivity index is 1.59. The summed E-state index contributed by atoms with van der Waals surface area (Å²) in [7, 11) is 0. The summed E-state index contributed by atoms with van der Waals surface area (Å²) in [6.07, 6.45) is 8.89. The van der Waals surface area contributed by atoms with Crippen molar-refractivity contribution in [2.45, 2.75) is 51.6 Å². The summed E-state index contributed by atoms with van der Waals surface area (Å²) in [6.45, 7) is 3.32. The molecular formula is C17H24N2. The van der Waals surface area contributed by atoms with Gasteiger partial charge in [0.05, 0.1) is 0 Å². The second-order valence-corrected chi connectivity index (χ2v) is 5.92. The van der Waals surface area contributed by atoms with Crippen LogP contribution in [0, 0.1) is 5.92 Å². The van der Waals surface area contributed by atoms with Crippen LogP contribution in [0.5, 0.6) is 0 Å². The maximum atomic E-state index is 3.75. The quantitative estimate of drug-likeness (QED) is 0.842. The second-order valence-electron chi connectivity index (χ2n) is 5.92. The molecule has 1 aliphatic carbocycles. The molecule has 0 saturated heterocycles. The van der Waals surface area contributed by atoms with E-state index in [0.717, 1.165) is 18.5 Å². The first kappa shape index (κ1) is 12.7. The van der Waals surface area contributed by atoms with E-state index in [2.05, 4.69) is 41.5 Å². The van der Waals surface area contributed by atoms with Crippen LogP contribution >= 0.6 is 0 Å². The molecule has 2 atom stereocenters. The van der Waals surface area contributed by atoms with Gasteiger partial charge in [0.1, 0.15) is 0 Å². The minimum Gasteiger partial charge on any atom is -0.361 e. The molecule has 0 amide bonds. The number of fused-ring (bicyclic) bond motifs is 1. The van der Waals surface area contributed by atoms with Crippen LogP contribution in [0.3, 0.4) is 0 Å². The van der Waals surface area contributed by atoms with Gasteiger partial charge in [0.2, 0.25) is 0 Å². The molecule has 0 spiro atoms. The van der Waals surface area contributed by atoms with Gasteiger partial charge in [-0.1, -0.05) is 38.3 Å². The van der Waals surface area contributed by atoms with Crippen LogP contribution < -0.4 is 5.32 Å². The Morgan fingerprint density at radius 2 is 2.21 bits per heavy atom. The minimum absolute atomic E-state index is 0.720. The van der Waals surface area contributed by atoms with E-state index in [0.29, 0.717) is 0 Å². The summed E-state index contributed by atoms with van der Waals surface area (Å²) in [4.78, 5) is 3.29. The van der Waals surface area contributed by atoms with E-state index in [1.807, 2.05) is 6.20 Å². The molecule has 1 aliphatic rings. The molecule has 1 fully saturated rings. The first-order chi connectivity index (χ1) is 9.35. The fraction of sp³-hybridized carbons (Fsp3) is 0.529. The molecule has 1 aromatic carbocycles. The molecule has 102 valence electrons. The van der Waals surface area contributed by atoms with Crippen molar-refractivity contribution in [2.24, 2.45) is 5.92 Å². The molecular weight excluding hydrogens is 232 g/mol. The fourth-order valence-electron chi connectivity index (χ4n) is 3.31. The summed E-state index contributed by atoms with van der Waals surface area (Å²) in [5, 5.41) is 5.04. The first-order valence-corrected chi connectivity index (χ1v) is 7.64. The summed E-state index contributed by atoms with van der Waals surface area (Å²) in [5.41, 5.74) is 2.63. The van der Waals surface area contributed by atoms with Crippen LogP contribution in [0.25, 0.3) is 10.9 Å². The normalized spacial score (nSPS) is 23.8. The highest BCUT2D eigenvalue weighted by molar-refractivity contribution is 5.79. The number of hydrogen-bond acceptors (Lipinski definition) is 1. The zero-order valence-electron chi connectivity index (χ0n) is 11.8. The third kappa shape index (κ3) is 3.01. The van der Waals surface area contributed by atoms with Crippen molar-refractivity contribution in [3.05, 3.63) is 36.0 Å². The van der Waals surface area contributed by atoms with Crippen LogP contribution in [0.4, 0.5) is 0 Å². The molecule has 2 nitrogen and oxygen atoms in total. The lowest BCUT2D eigenvalue weighted by molar-refractivity contribution is 0.278. The Hall–Kier alpha value is -1.28. The standard InChI is InChI=1S/C17H24N2/c1-2-13-4-3-5-16(10-13)19-12-14-6-7-15-8-9-18-17(15)11-14/h6-9,11,13,16,18-19H,2-5,10,12H2,1H3. The highest BCUT2D eigenvalue weighted by atomic mass is 14.9. The van der Waals surface area contributed by atoms with E-state index in [1.165, 1.54) is 48.6 Å². The Kier molecular flexibility index (Phi) is 3.88. The molecule has 2 heteroatoms. The Bertz CT molecular complexity index is 529. The van der Waals surface area contributed by atoms with Gasteiger partial charge in [0.25, 0.3) is 0 Å². The number of benzene rings is 1. The summed E-state index contributed by atoms with van der Waals surface area (Å²) in [5.74, 6) is 0.942. The Labute approximate surface area is 115 Å². The van der Waals surface area contributed by atoms with Gasteiger partial charge in [-0.2, -0.15) is 0 Å². The Morgan fingerprint density at radius 3 is 3.11 bits per heavy atom. The molecule has 2 N–H and O–H groups in total. The number of nitrogens with one attached hydrogen (secondary N) is 2. The van der Waals surface area contributed by atoms with Crippen molar-refractivity contribution >= 4 is 10.9 Å². The molecule has 1 heterocycles. The number of H-pyrrole nitrogens is 1. The van der Waals surface area contributed by atoms with E-state index in [1.54, 1.807) is 0 Å². The number of aromatic nitrogens is 1. The minimum atomic E-state index is 0.720. The van der Waals surface area contributed by atoms with Crippen molar-refractivity contribution in [1.29, 1.82) is 0 Å². The highest BCUT2D eigenvalue weighted by Gasteiger charge is 2.19. The number of hydrogen-bond donors (Lipinski definition) is 2. The SMILES string of the molecule is CCC1CCCC(NCc2ccc3cc[nH]c3c2)C1. The number of aromatic amines is 1. The fourth-order valence-corrected chi connectivity index (χ4v) is 3.31. The van der Waals surface area contributed by atoms with Gasteiger partial charge in [-0.15, -0.1) is 0 Å². The molecule has 2 unspecified atom stereocenters. The average Bonchev–Trinajstić information content (AvgIpc) is 2.93. The van der Waals surface area contributed by atoms with Crippen LogP contribution in [0.2, 0.25) is 0 Å². The molecule has 1 saturated carbocycles. The van der Waals surface area contributed by atoms with Crippen molar-refractivity contribution in [2.75, 3.05) is 0 Å². The van der Waals surface area contributed by atoms with Crippen molar-refractivity contribution < 1.29 is 0 Å². The van der Waals surface area contributed by atoms with E-state index in [9.17, 15) is 0 Å². The lowest BCUT2D eigenvalue weighted by Gasteiger charge is -2.29. The summed E-state index contributed by atoms with van der Waals surface area (Å²) in [6, 6.07) is 9.56. The van der Waals surface area contributed by atoms with Crippen LogP contribution in [0.1, 0.15) is 44.6 Å². The summed E-state index contributed by atoms with van der Waals surface area (Å²) >= 11 is 0. The molecule has 1 aromatic heterocycles. The third-order valence-corrected chi connectivity index (χ3v) is 4.57. The average molecular weight is 256 g/mol. The van der Waals surface area contributed by atoms with Gasteiger partial charge < -0.3 is 10.3 Å². The van der Waals surface area contributed by atoms with E-state index < -0.39 is 0 Å². The van der Waals surface area contributed by atoms with Gasteiger partial charge in [0, 0.05) is 24.3 Å². The highest BCUT2D eigenvalue weighted by Crippen LogP contribution is 2.26. The van der Waals surface area contributed by atoms with Crippen molar-refractivity contribution in [1.82, 2.24) is 10.3 Å². The van der Waals surface area contributed by atoms with Gasteiger partial charge >= 0.3 is 0 Å². The molecule has 2 aromatic rings. The molecule has 3 rings (SSSR count). The topological polar surface area (TPSA) is 27.8 Å². The van der Waals surface area contributed by atoms with E-state index in [4.69, 9.17) is 0 Å². The zero-order chi connectivity index (χ0) is 13.1. The predicted molar refractivity (Wildman–Crippen MR) is 81.2 cm³/mol. The summed E-state index contributed by atoms with van der Waals surface area (Å²) < 4.78 is 0. The smallest absolute Gasteiger partial charge is 0.0457 e. The largest absolute Gasteiger partial charge is 0.361 e. The van der Waals surface area contributed by atoms with Crippen molar-refractivity contribution in [3.8, 4) is 0 Å². The molecule has 0 bridgehead atoms. The van der Waals surface area contributed by atoms with Crippen LogP contribution in [-0.2, 0) is 6.54 Å². The monoisotopic (exact) mass is 256 g/mol. The van der Waals surface area contributed by atoms with Gasteiger partial charge in [-0.05, 0) is 41.8 Å². The second kappa shape index (κ2) is 5.79. The lowest BCUT2D eigenvalue weighted by Crippen LogP contribution is -2.33. The lowest BCUT2D eigenvalue weighted by atomic mass is 9.84. The van der Waals surface area contributed by atoms with Crippen LogP contribution in [-0.4, -0.2) is 11.0 Å². The van der Waals surface area contributed by atoms with Gasteiger partial charge in [-0.3, -0.25) is 0 Å². The van der Waals surface area contributed by atoms with Crippen LogP contribution in [0.15, 0.2) is 30.5 Å². The zero-order valence-corrected chi connectivity index (χ0v) is 11.8. The third-order valence-electron chi connectivity index (χ3n) is 4.57.